The minimum absolute atomic E-state index is 0.0903. The Balaban J connectivity index is 2.26. The maximum Gasteiger partial charge on any atom is 0.227 e. The fourth-order valence-electron chi connectivity index (χ4n) is 1.80. The van der Waals surface area contributed by atoms with Crippen molar-refractivity contribution in [1.29, 1.82) is 0 Å². The molecule has 0 aromatic heterocycles. The summed E-state index contributed by atoms with van der Waals surface area (Å²) in [5, 5.41) is 0. The van der Waals surface area contributed by atoms with E-state index < -0.39 is 17.6 Å². The van der Waals surface area contributed by atoms with E-state index in [2.05, 4.69) is 15.9 Å². The maximum atomic E-state index is 13.3. The largest absolute Gasteiger partial charge is 0.369 e. The average molecular weight is 301 g/mol. The number of anilines is 1. The first-order chi connectivity index (χ1) is 7.99. The van der Waals surface area contributed by atoms with E-state index in [0.29, 0.717) is 10.2 Å². The van der Waals surface area contributed by atoms with Crippen LogP contribution >= 0.6 is 15.9 Å². The number of rotatable bonds is 2. The number of hydrogen-bond acceptors (Lipinski definition) is 2. The van der Waals surface area contributed by atoms with Crippen molar-refractivity contribution >= 4 is 33.4 Å². The summed E-state index contributed by atoms with van der Waals surface area (Å²) < 4.78 is 13.7. The summed E-state index contributed by atoms with van der Waals surface area (Å²) in [6.07, 6.45) is 0.0903. The normalized spacial score (nSPS) is 19.8. The summed E-state index contributed by atoms with van der Waals surface area (Å²) >= 11 is 3.04. The first-order valence-corrected chi connectivity index (χ1v) is 5.83. The zero-order chi connectivity index (χ0) is 12.6. The van der Waals surface area contributed by atoms with Gasteiger partial charge in [-0.25, -0.2) is 4.39 Å². The van der Waals surface area contributed by atoms with E-state index in [1.165, 1.54) is 17.0 Å². The summed E-state index contributed by atoms with van der Waals surface area (Å²) in [6, 6.07) is 4.40. The van der Waals surface area contributed by atoms with E-state index in [0.717, 1.165) is 0 Å². The Morgan fingerprint density at radius 2 is 2.24 bits per heavy atom. The van der Waals surface area contributed by atoms with Crippen LogP contribution in [-0.4, -0.2) is 18.4 Å². The highest BCUT2D eigenvalue weighted by Gasteiger charge is 2.34. The highest BCUT2D eigenvalue weighted by Crippen LogP contribution is 2.27. The second kappa shape index (κ2) is 4.44. The van der Waals surface area contributed by atoms with Gasteiger partial charge in [-0.1, -0.05) is 0 Å². The molecule has 1 fully saturated rings. The zero-order valence-electron chi connectivity index (χ0n) is 8.82. The Hall–Kier alpha value is -1.43. The van der Waals surface area contributed by atoms with Gasteiger partial charge >= 0.3 is 0 Å². The van der Waals surface area contributed by atoms with Gasteiger partial charge in [-0.2, -0.15) is 0 Å². The van der Waals surface area contributed by atoms with Crippen molar-refractivity contribution in [2.24, 2.45) is 11.7 Å². The van der Waals surface area contributed by atoms with E-state index in [4.69, 9.17) is 5.73 Å². The van der Waals surface area contributed by atoms with Gasteiger partial charge in [-0.3, -0.25) is 9.59 Å². The quantitative estimate of drug-likeness (QED) is 0.898. The first-order valence-electron chi connectivity index (χ1n) is 5.04. The van der Waals surface area contributed by atoms with Gasteiger partial charge in [-0.15, -0.1) is 0 Å². The summed E-state index contributed by atoms with van der Waals surface area (Å²) in [5.41, 5.74) is 5.60. The van der Waals surface area contributed by atoms with E-state index in [1.54, 1.807) is 6.07 Å². The third-order valence-corrected chi connectivity index (χ3v) is 3.39. The molecule has 6 heteroatoms. The number of nitrogens with zero attached hydrogens (tertiary/aromatic N) is 1. The highest BCUT2D eigenvalue weighted by molar-refractivity contribution is 9.10. The molecule has 0 radical (unpaired) electrons. The predicted molar refractivity (Wildman–Crippen MR) is 63.8 cm³/mol. The van der Waals surface area contributed by atoms with Crippen molar-refractivity contribution in [3.05, 3.63) is 28.5 Å². The summed E-state index contributed by atoms with van der Waals surface area (Å²) in [7, 11) is 0. The third kappa shape index (κ3) is 2.31. The Morgan fingerprint density at radius 1 is 1.53 bits per heavy atom. The summed E-state index contributed by atoms with van der Waals surface area (Å²) in [6.45, 7) is 0.217. The van der Waals surface area contributed by atoms with Crippen LogP contribution in [0.25, 0.3) is 0 Å². The minimum Gasteiger partial charge on any atom is -0.369 e. The number of hydrogen-bond donors (Lipinski definition) is 1. The lowest BCUT2D eigenvalue weighted by atomic mass is 10.1. The van der Waals surface area contributed by atoms with E-state index in [9.17, 15) is 14.0 Å². The molecule has 1 heterocycles. The fraction of sp³-hybridized carbons (Fsp3) is 0.273. The lowest BCUT2D eigenvalue weighted by Crippen LogP contribution is -2.28. The van der Waals surface area contributed by atoms with Crippen LogP contribution in [0.5, 0.6) is 0 Å². The number of benzene rings is 1. The number of primary amides is 1. The average Bonchev–Trinajstić information content (AvgIpc) is 2.65. The molecule has 2 amide bonds. The van der Waals surface area contributed by atoms with Gasteiger partial charge in [0.2, 0.25) is 11.8 Å². The topological polar surface area (TPSA) is 63.4 Å². The molecule has 0 bridgehead atoms. The van der Waals surface area contributed by atoms with Crippen LogP contribution in [0.15, 0.2) is 22.7 Å². The van der Waals surface area contributed by atoms with Crippen molar-refractivity contribution < 1.29 is 14.0 Å². The highest BCUT2D eigenvalue weighted by atomic mass is 79.9. The number of halogens is 2. The van der Waals surface area contributed by atoms with Crippen molar-refractivity contribution in [3.63, 3.8) is 0 Å². The molecule has 1 aliphatic rings. The Kier molecular flexibility index (Phi) is 3.15. The molecule has 1 aromatic carbocycles. The molecule has 0 saturated carbocycles. The Labute approximate surface area is 106 Å². The summed E-state index contributed by atoms with van der Waals surface area (Å²) in [4.78, 5) is 24.1. The molecule has 2 rings (SSSR count). The van der Waals surface area contributed by atoms with Gasteiger partial charge in [0.05, 0.1) is 10.4 Å². The molecule has 17 heavy (non-hydrogen) atoms. The van der Waals surface area contributed by atoms with Gasteiger partial charge in [0.25, 0.3) is 0 Å². The monoisotopic (exact) mass is 300 g/mol. The van der Waals surface area contributed by atoms with Crippen LogP contribution in [0.3, 0.4) is 0 Å². The van der Waals surface area contributed by atoms with Gasteiger partial charge in [0.15, 0.2) is 0 Å². The number of nitrogens with two attached hydrogens (primary N) is 1. The second-order valence-corrected chi connectivity index (χ2v) is 4.76. The molecule has 4 nitrogen and oxygen atoms in total. The molecule has 2 N–H and O–H groups in total. The van der Waals surface area contributed by atoms with E-state index in [1.807, 2.05) is 0 Å². The van der Waals surface area contributed by atoms with Gasteiger partial charge < -0.3 is 10.6 Å². The number of carbonyl (C=O) groups excluding carboxylic acids is 2. The molecule has 1 unspecified atom stereocenters. The molecule has 0 aliphatic carbocycles. The van der Waals surface area contributed by atoms with Crippen LogP contribution in [0, 0.1) is 11.7 Å². The van der Waals surface area contributed by atoms with Crippen LogP contribution in [0.4, 0.5) is 10.1 Å². The van der Waals surface area contributed by atoms with Crippen molar-refractivity contribution in [2.75, 3.05) is 11.4 Å². The summed E-state index contributed by atoms with van der Waals surface area (Å²) in [5.74, 6) is -1.65. The van der Waals surface area contributed by atoms with Gasteiger partial charge in [0, 0.05) is 18.7 Å². The molecule has 0 spiro atoms. The van der Waals surface area contributed by atoms with Crippen LogP contribution in [-0.2, 0) is 9.59 Å². The van der Waals surface area contributed by atoms with E-state index >= 15 is 0 Å². The molecular weight excluding hydrogens is 291 g/mol. The van der Waals surface area contributed by atoms with E-state index in [-0.39, 0.29) is 18.9 Å². The lowest BCUT2D eigenvalue weighted by Gasteiger charge is -2.16. The Morgan fingerprint density at radius 3 is 2.76 bits per heavy atom. The predicted octanol–water partition coefficient (Wildman–Crippen LogP) is 1.43. The molecule has 1 aliphatic heterocycles. The van der Waals surface area contributed by atoms with Gasteiger partial charge in [0.1, 0.15) is 5.82 Å². The van der Waals surface area contributed by atoms with Crippen molar-refractivity contribution in [3.8, 4) is 0 Å². The second-order valence-electron chi connectivity index (χ2n) is 3.91. The van der Waals surface area contributed by atoms with Crippen LogP contribution in [0.1, 0.15) is 6.42 Å². The number of carbonyl (C=O) groups is 2. The van der Waals surface area contributed by atoms with Crippen molar-refractivity contribution in [1.82, 2.24) is 0 Å². The smallest absolute Gasteiger partial charge is 0.227 e. The van der Waals surface area contributed by atoms with Crippen LogP contribution < -0.4 is 10.6 Å². The molecular formula is C11H10BrFN2O2. The standard InChI is InChI=1S/C11H10BrFN2O2/c12-8-2-1-7(4-9(8)13)15-5-6(11(14)17)3-10(15)16/h1-2,4,6H,3,5H2,(H2,14,17). The van der Waals surface area contributed by atoms with Crippen LogP contribution in [0.2, 0.25) is 0 Å². The molecule has 90 valence electrons. The molecule has 1 saturated heterocycles. The number of amides is 2. The lowest BCUT2D eigenvalue weighted by molar-refractivity contribution is -0.123. The maximum absolute atomic E-state index is 13.3. The molecule has 1 atom stereocenters. The SMILES string of the molecule is NC(=O)C1CC(=O)N(c2ccc(Br)c(F)c2)C1. The zero-order valence-corrected chi connectivity index (χ0v) is 10.4. The molecule has 1 aromatic rings. The fourth-order valence-corrected chi connectivity index (χ4v) is 2.05. The van der Waals surface area contributed by atoms with Gasteiger partial charge in [-0.05, 0) is 34.1 Å². The van der Waals surface area contributed by atoms with Crippen molar-refractivity contribution in [2.45, 2.75) is 6.42 Å². The third-order valence-electron chi connectivity index (χ3n) is 2.74. The Bertz CT molecular complexity index is 492. The minimum atomic E-state index is -0.501. The first kappa shape index (κ1) is 12.0.